The van der Waals surface area contributed by atoms with E-state index in [0.29, 0.717) is 17.0 Å². The predicted molar refractivity (Wildman–Crippen MR) is 145 cm³/mol. The molecule has 9 heteroatoms. The second-order valence-electron chi connectivity index (χ2n) is 8.58. The quantitative estimate of drug-likeness (QED) is 0.116. The third-order valence-electron chi connectivity index (χ3n) is 5.79. The van der Waals surface area contributed by atoms with Crippen LogP contribution < -0.4 is 0 Å². The molecule has 0 spiro atoms. The molecule has 0 radical (unpaired) electrons. The molecule has 9 nitrogen and oxygen atoms in total. The van der Waals surface area contributed by atoms with E-state index in [4.69, 9.17) is 9.68 Å². The van der Waals surface area contributed by atoms with Crippen molar-refractivity contribution < 1.29 is 29.2 Å². The summed E-state index contributed by atoms with van der Waals surface area (Å²) < 4.78 is 1.90. The van der Waals surface area contributed by atoms with Crippen LogP contribution in [0.2, 0.25) is 0 Å². The summed E-state index contributed by atoms with van der Waals surface area (Å²) in [6, 6.07) is 17.4. The first-order chi connectivity index (χ1) is 18.1. The number of ketones is 1. The van der Waals surface area contributed by atoms with E-state index < -0.39 is 11.9 Å². The van der Waals surface area contributed by atoms with Crippen LogP contribution in [-0.2, 0) is 19.3 Å². The Morgan fingerprint density at radius 3 is 1.61 bits per heavy atom. The molecular formula is C29H25N3O6. The molecule has 0 fully saturated rings. The number of aromatic nitrogens is 1. The van der Waals surface area contributed by atoms with Crippen molar-refractivity contribution in [1.82, 2.24) is 4.57 Å². The van der Waals surface area contributed by atoms with Gasteiger partial charge in [0.25, 0.3) is 0 Å². The Morgan fingerprint density at radius 1 is 0.711 bits per heavy atom. The van der Waals surface area contributed by atoms with E-state index in [1.54, 1.807) is 32.2 Å². The van der Waals surface area contributed by atoms with Crippen molar-refractivity contribution in [2.24, 2.45) is 10.3 Å². The minimum atomic E-state index is -0.516. The molecule has 192 valence electrons. The number of aromatic hydroxyl groups is 1. The van der Waals surface area contributed by atoms with Crippen molar-refractivity contribution >= 4 is 57.2 Å². The van der Waals surface area contributed by atoms with Crippen molar-refractivity contribution in [3.63, 3.8) is 0 Å². The lowest BCUT2D eigenvalue weighted by atomic mass is 10.0. The molecule has 0 aliphatic carbocycles. The number of fused-ring (bicyclic) bond motifs is 3. The van der Waals surface area contributed by atoms with E-state index in [0.717, 1.165) is 32.9 Å². The maximum Gasteiger partial charge on any atom is 0.331 e. The van der Waals surface area contributed by atoms with Crippen molar-refractivity contribution in [3.05, 3.63) is 83.4 Å². The van der Waals surface area contributed by atoms with Gasteiger partial charge in [-0.3, -0.25) is 4.79 Å². The van der Waals surface area contributed by atoms with Crippen molar-refractivity contribution in [3.8, 4) is 5.75 Å². The fraction of sp³-hybridized carbons (Fsp3) is 0.138. The molecule has 1 heterocycles. The van der Waals surface area contributed by atoms with Gasteiger partial charge in [0, 0.05) is 42.5 Å². The lowest BCUT2D eigenvalue weighted by Gasteiger charge is -2.03. The summed E-state index contributed by atoms with van der Waals surface area (Å²) in [4.78, 5) is 44.7. The van der Waals surface area contributed by atoms with Gasteiger partial charge < -0.3 is 19.3 Å². The van der Waals surface area contributed by atoms with E-state index >= 15 is 0 Å². The third-order valence-corrected chi connectivity index (χ3v) is 5.79. The fourth-order valence-corrected chi connectivity index (χ4v) is 3.90. The van der Waals surface area contributed by atoms with Crippen LogP contribution in [-0.4, -0.2) is 38.8 Å². The number of nitrogens with zero attached hydrogens (tertiary/aromatic N) is 3. The van der Waals surface area contributed by atoms with Gasteiger partial charge >= 0.3 is 11.9 Å². The van der Waals surface area contributed by atoms with Crippen LogP contribution in [0.3, 0.4) is 0 Å². The van der Waals surface area contributed by atoms with Crippen LogP contribution in [0.5, 0.6) is 5.75 Å². The van der Waals surface area contributed by atoms with E-state index in [-0.39, 0.29) is 11.5 Å². The predicted octanol–water partition coefficient (Wildman–Crippen LogP) is 5.43. The number of phenolic OH excluding ortho intramolecular Hbond substituents is 1. The summed E-state index contributed by atoms with van der Waals surface area (Å²) in [6.07, 6.45) is 3.16. The summed E-state index contributed by atoms with van der Waals surface area (Å²) in [5.41, 5.74) is 4.62. The highest BCUT2D eigenvalue weighted by atomic mass is 16.7. The maximum absolute atomic E-state index is 12.8. The molecule has 0 amide bonds. The molecule has 0 saturated carbocycles. The van der Waals surface area contributed by atoms with Crippen LogP contribution in [0.1, 0.15) is 49.2 Å². The average Bonchev–Trinajstić information content (AvgIpc) is 3.21. The van der Waals surface area contributed by atoms with E-state index in [2.05, 4.69) is 10.3 Å². The molecule has 4 rings (SSSR count). The summed E-state index contributed by atoms with van der Waals surface area (Å²) in [5.74, 6) is -1.17. The van der Waals surface area contributed by atoms with Crippen molar-refractivity contribution in [2.45, 2.75) is 27.7 Å². The van der Waals surface area contributed by atoms with Crippen LogP contribution in [0.25, 0.3) is 28.0 Å². The monoisotopic (exact) mass is 511 g/mol. The number of hydrogen-bond donors (Lipinski definition) is 1. The minimum Gasteiger partial charge on any atom is -0.508 e. The molecule has 3 aromatic carbocycles. The van der Waals surface area contributed by atoms with E-state index in [9.17, 15) is 19.5 Å². The lowest BCUT2D eigenvalue weighted by Crippen LogP contribution is -1.99. The minimum absolute atomic E-state index is 0.0830. The van der Waals surface area contributed by atoms with Gasteiger partial charge in [0.1, 0.15) is 5.75 Å². The van der Waals surface area contributed by atoms with E-state index in [1.807, 2.05) is 41.0 Å². The molecule has 0 saturated heterocycles. The average molecular weight is 512 g/mol. The summed E-state index contributed by atoms with van der Waals surface area (Å²) >= 11 is 0. The van der Waals surface area contributed by atoms with Crippen molar-refractivity contribution in [2.75, 3.05) is 0 Å². The number of carbonyl (C=O) groups is 3. The highest BCUT2D eigenvalue weighted by Gasteiger charge is 2.14. The van der Waals surface area contributed by atoms with E-state index in [1.165, 1.54) is 32.1 Å². The first-order valence-corrected chi connectivity index (χ1v) is 11.7. The zero-order chi connectivity index (χ0) is 27.4. The number of allylic oxidation sites excluding steroid dienone is 1. The van der Waals surface area contributed by atoms with Gasteiger partial charge in [-0.1, -0.05) is 22.4 Å². The Morgan fingerprint density at radius 2 is 1.16 bits per heavy atom. The SMILES string of the molecule is CC(=O)O/N=C(/C)c1ccc2c(c1)c1cc(/C(C)=N\OC(C)=O)ccc1n2/C=C/C(=O)c1ccc(O)cc1. The zero-order valence-electron chi connectivity index (χ0n) is 21.3. The van der Waals surface area contributed by atoms with Gasteiger partial charge in [0.2, 0.25) is 0 Å². The Balaban J connectivity index is 1.86. The summed E-state index contributed by atoms with van der Waals surface area (Å²) in [6.45, 7) is 6.03. The number of oxime groups is 2. The number of rotatable bonds is 7. The lowest BCUT2D eigenvalue weighted by molar-refractivity contribution is -0.141. The molecule has 4 aromatic rings. The van der Waals surface area contributed by atoms with Gasteiger partial charge in [-0.05, 0) is 73.5 Å². The zero-order valence-corrected chi connectivity index (χ0v) is 21.3. The van der Waals surface area contributed by atoms with Gasteiger partial charge in [0.15, 0.2) is 5.78 Å². The van der Waals surface area contributed by atoms with Gasteiger partial charge in [0.05, 0.1) is 22.5 Å². The summed E-state index contributed by atoms with van der Waals surface area (Å²) in [5, 5.41) is 19.0. The molecule has 0 aliphatic rings. The van der Waals surface area contributed by atoms with Crippen LogP contribution in [0, 0.1) is 0 Å². The molecule has 0 atom stereocenters. The largest absolute Gasteiger partial charge is 0.508 e. The van der Waals surface area contributed by atoms with Crippen LogP contribution in [0.15, 0.2) is 77.1 Å². The standard InChI is InChI=1S/C29H25N3O6/c1-17(30-37-19(3)33)22-7-11-27-25(15-22)26-16-23(18(2)31-38-20(4)34)8-12-28(26)32(27)14-13-29(36)21-5-9-24(35)10-6-21/h5-16,35H,1-4H3/b14-13+,30-17-,31-18-. The Labute approximate surface area is 218 Å². The molecule has 0 aliphatic heterocycles. The molecule has 0 unspecified atom stereocenters. The first kappa shape index (κ1) is 26.0. The molecule has 0 bridgehead atoms. The molecule has 38 heavy (non-hydrogen) atoms. The van der Waals surface area contributed by atoms with Gasteiger partial charge in [-0.25, -0.2) is 9.59 Å². The Kier molecular flexibility index (Phi) is 7.48. The van der Waals surface area contributed by atoms with Crippen LogP contribution >= 0.6 is 0 Å². The second kappa shape index (κ2) is 10.9. The maximum atomic E-state index is 12.8. The number of hydrogen-bond acceptors (Lipinski definition) is 8. The topological polar surface area (TPSA) is 120 Å². The number of carbonyl (C=O) groups excluding carboxylic acids is 3. The Hall–Kier alpha value is -5.05. The molecular weight excluding hydrogens is 486 g/mol. The van der Waals surface area contributed by atoms with Gasteiger partial charge in [-0.15, -0.1) is 0 Å². The first-order valence-electron chi connectivity index (χ1n) is 11.7. The normalized spacial score (nSPS) is 12.3. The smallest absolute Gasteiger partial charge is 0.331 e. The van der Waals surface area contributed by atoms with Crippen molar-refractivity contribution in [1.29, 1.82) is 0 Å². The third kappa shape index (κ3) is 5.67. The second-order valence-corrected chi connectivity index (χ2v) is 8.58. The highest BCUT2D eigenvalue weighted by Crippen LogP contribution is 2.31. The van der Waals surface area contributed by atoms with Crippen LogP contribution in [0.4, 0.5) is 0 Å². The number of benzene rings is 3. The summed E-state index contributed by atoms with van der Waals surface area (Å²) in [7, 11) is 0. The fourth-order valence-electron chi connectivity index (χ4n) is 3.90. The van der Waals surface area contributed by atoms with Gasteiger partial charge in [-0.2, -0.15) is 0 Å². The molecule has 1 N–H and O–H groups in total. The molecule has 1 aromatic heterocycles. The highest BCUT2D eigenvalue weighted by molar-refractivity contribution is 6.15. The Bertz CT molecular complexity index is 1570. The number of phenols is 1.